The van der Waals surface area contributed by atoms with Gasteiger partial charge < -0.3 is 19.7 Å². The van der Waals surface area contributed by atoms with E-state index in [1.54, 1.807) is 0 Å². The van der Waals surface area contributed by atoms with E-state index >= 15 is 0 Å². The second-order valence-corrected chi connectivity index (χ2v) is 5.32. The van der Waals surface area contributed by atoms with Crippen molar-refractivity contribution in [2.75, 3.05) is 13.2 Å². The van der Waals surface area contributed by atoms with Gasteiger partial charge in [-0.3, -0.25) is 0 Å². The zero-order chi connectivity index (χ0) is 17.2. The third-order valence-corrected chi connectivity index (χ3v) is 3.09. The summed E-state index contributed by atoms with van der Waals surface area (Å²) in [7, 11) is 0. The minimum absolute atomic E-state index is 0.0543. The molecule has 2 N–H and O–H groups in total. The number of ether oxygens (including phenoxy) is 2. The molecule has 0 saturated carbocycles. The fourth-order valence-electron chi connectivity index (χ4n) is 1.74. The highest BCUT2D eigenvalue weighted by Gasteiger charge is 2.12. The maximum Gasteiger partial charge on any atom is 0.338 e. The summed E-state index contributed by atoms with van der Waals surface area (Å²) in [6.45, 7) is 7.55. The third-order valence-electron chi connectivity index (χ3n) is 3.09. The van der Waals surface area contributed by atoms with Gasteiger partial charge in [-0.2, -0.15) is 0 Å². The van der Waals surface area contributed by atoms with Crippen molar-refractivity contribution >= 4 is 5.97 Å². The summed E-state index contributed by atoms with van der Waals surface area (Å²) >= 11 is 0. The summed E-state index contributed by atoms with van der Waals surface area (Å²) in [5.74, 6) is 0.290. The lowest BCUT2D eigenvalue weighted by Crippen LogP contribution is -2.23. The number of hydrogen-bond donors (Lipinski definition) is 2. The largest absolute Gasteiger partial charge is 0.508 e. The van der Waals surface area contributed by atoms with E-state index in [0.29, 0.717) is 5.56 Å². The second kappa shape index (κ2) is 9.69. The van der Waals surface area contributed by atoms with Crippen LogP contribution >= 0.6 is 0 Å². The summed E-state index contributed by atoms with van der Waals surface area (Å²) in [5, 5.41) is 19.0. The highest BCUT2D eigenvalue weighted by molar-refractivity contribution is 5.89. The second-order valence-electron chi connectivity index (χ2n) is 5.32. The summed E-state index contributed by atoms with van der Waals surface area (Å²) < 4.78 is 10.5. The Hall–Kier alpha value is -2.27. The molecule has 1 aromatic rings. The number of benzene rings is 1. The standard InChI is InChI=1S/C18H24O5/c1-4-17(10-5-13(2)3)22-11-16(20)12-23-18(21)14-6-8-15(19)9-7-14/h4,6-9,16,19-20H,2,5,10-12H2,1,3H3/b17-4+. The molecule has 126 valence electrons. The fourth-order valence-corrected chi connectivity index (χ4v) is 1.74. The van der Waals surface area contributed by atoms with Crippen molar-refractivity contribution in [1.29, 1.82) is 0 Å². The molecule has 0 aliphatic rings. The van der Waals surface area contributed by atoms with Crippen LogP contribution in [0.15, 0.2) is 48.3 Å². The fraction of sp³-hybridized carbons (Fsp3) is 0.389. The van der Waals surface area contributed by atoms with Crippen LogP contribution in [0.5, 0.6) is 5.75 Å². The van der Waals surface area contributed by atoms with Crippen molar-refractivity contribution in [3.63, 3.8) is 0 Å². The van der Waals surface area contributed by atoms with Gasteiger partial charge >= 0.3 is 5.97 Å². The Labute approximate surface area is 136 Å². The van der Waals surface area contributed by atoms with E-state index in [2.05, 4.69) is 6.58 Å². The van der Waals surface area contributed by atoms with Gasteiger partial charge in [-0.15, -0.1) is 6.58 Å². The van der Waals surface area contributed by atoms with Gasteiger partial charge in [0.05, 0.1) is 11.3 Å². The van der Waals surface area contributed by atoms with Crippen molar-refractivity contribution in [3.05, 3.63) is 53.8 Å². The maximum atomic E-state index is 11.8. The minimum Gasteiger partial charge on any atom is -0.508 e. The van der Waals surface area contributed by atoms with E-state index in [0.717, 1.165) is 24.2 Å². The van der Waals surface area contributed by atoms with Gasteiger partial charge in [0.1, 0.15) is 25.1 Å². The summed E-state index contributed by atoms with van der Waals surface area (Å²) in [6.07, 6.45) is 2.49. The number of phenolic OH excluding ortho intramolecular Hbond substituents is 1. The van der Waals surface area contributed by atoms with E-state index in [-0.39, 0.29) is 19.0 Å². The van der Waals surface area contributed by atoms with Crippen LogP contribution in [0.1, 0.15) is 37.0 Å². The Morgan fingerprint density at radius 1 is 1.22 bits per heavy atom. The molecular formula is C18H24O5. The molecule has 23 heavy (non-hydrogen) atoms. The lowest BCUT2D eigenvalue weighted by atomic mass is 10.1. The van der Waals surface area contributed by atoms with E-state index in [9.17, 15) is 9.90 Å². The molecule has 0 heterocycles. The van der Waals surface area contributed by atoms with E-state index in [4.69, 9.17) is 14.6 Å². The maximum absolute atomic E-state index is 11.8. The number of aliphatic hydroxyl groups excluding tert-OH is 1. The molecule has 0 saturated heterocycles. The molecule has 0 bridgehead atoms. The van der Waals surface area contributed by atoms with Crippen LogP contribution in [0.2, 0.25) is 0 Å². The van der Waals surface area contributed by atoms with E-state index in [1.807, 2.05) is 19.9 Å². The average Bonchev–Trinajstić information content (AvgIpc) is 2.53. The summed E-state index contributed by atoms with van der Waals surface area (Å²) in [4.78, 5) is 11.8. The van der Waals surface area contributed by atoms with E-state index in [1.165, 1.54) is 24.3 Å². The molecule has 0 radical (unpaired) electrons. The number of aromatic hydroxyl groups is 1. The highest BCUT2D eigenvalue weighted by Crippen LogP contribution is 2.13. The van der Waals surface area contributed by atoms with Crippen LogP contribution < -0.4 is 0 Å². The van der Waals surface area contributed by atoms with Gasteiger partial charge in [-0.25, -0.2) is 4.79 Å². The first-order valence-corrected chi connectivity index (χ1v) is 7.49. The van der Waals surface area contributed by atoms with Crippen molar-refractivity contribution in [1.82, 2.24) is 0 Å². The molecule has 0 aromatic heterocycles. The molecule has 0 spiro atoms. The van der Waals surface area contributed by atoms with Crippen LogP contribution in [0.25, 0.3) is 0 Å². The molecule has 1 aromatic carbocycles. The molecule has 1 atom stereocenters. The number of carbonyl (C=O) groups excluding carboxylic acids is 1. The topological polar surface area (TPSA) is 76.0 Å². The smallest absolute Gasteiger partial charge is 0.338 e. The van der Waals surface area contributed by atoms with Crippen LogP contribution in [-0.2, 0) is 9.47 Å². The normalized spacial score (nSPS) is 12.6. The summed E-state index contributed by atoms with van der Waals surface area (Å²) in [5.41, 5.74) is 1.38. The molecule has 1 rings (SSSR count). The lowest BCUT2D eigenvalue weighted by molar-refractivity contribution is 0.00175. The van der Waals surface area contributed by atoms with Crippen molar-refractivity contribution < 1.29 is 24.5 Å². The van der Waals surface area contributed by atoms with Crippen molar-refractivity contribution in [2.45, 2.75) is 32.8 Å². The Morgan fingerprint density at radius 2 is 1.83 bits per heavy atom. The predicted octanol–water partition coefficient (Wildman–Crippen LogP) is 3.19. The average molecular weight is 320 g/mol. The quantitative estimate of drug-likeness (QED) is 0.415. The minimum atomic E-state index is -0.907. The first-order valence-electron chi connectivity index (χ1n) is 7.49. The lowest BCUT2D eigenvalue weighted by Gasteiger charge is -2.15. The predicted molar refractivity (Wildman–Crippen MR) is 88.2 cm³/mol. The van der Waals surface area contributed by atoms with Crippen molar-refractivity contribution in [3.8, 4) is 5.75 Å². The SMILES string of the molecule is C=C(C)CC/C(=C\C)OCC(O)COC(=O)c1ccc(O)cc1. The van der Waals surface area contributed by atoms with Crippen LogP contribution in [0, 0.1) is 0 Å². The number of phenols is 1. The highest BCUT2D eigenvalue weighted by atomic mass is 16.5. The molecule has 5 heteroatoms. The zero-order valence-electron chi connectivity index (χ0n) is 13.6. The molecule has 0 amide bonds. The monoisotopic (exact) mass is 320 g/mol. The van der Waals surface area contributed by atoms with Gasteiger partial charge in [0, 0.05) is 6.42 Å². The molecular weight excluding hydrogens is 296 g/mol. The Kier molecular flexibility index (Phi) is 7.91. The number of hydrogen-bond acceptors (Lipinski definition) is 5. The van der Waals surface area contributed by atoms with Gasteiger partial charge in [0.25, 0.3) is 0 Å². The van der Waals surface area contributed by atoms with Crippen LogP contribution in [-0.4, -0.2) is 35.5 Å². The van der Waals surface area contributed by atoms with Crippen molar-refractivity contribution in [2.24, 2.45) is 0 Å². The first-order chi connectivity index (χ1) is 10.9. The number of carbonyl (C=O) groups is 1. The third kappa shape index (κ3) is 7.51. The van der Waals surface area contributed by atoms with Gasteiger partial charge in [-0.05, 0) is 50.6 Å². The van der Waals surface area contributed by atoms with Crippen LogP contribution in [0.3, 0.4) is 0 Å². The Balaban J connectivity index is 2.33. The molecule has 0 aliphatic carbocycles. The Morgan fingerprint density at radius 3 is 2.39 bits per heavy atom. The number of rotatable bonds is 9. The number of esters is 1. The molecule has 5 nitrogen and oxygen atoms in total. The number of aliphatic hydroxyl groups is 1. The van der Waals surface area contributed by atoms with E-state index < -0.39 is 12.1 Å². The molecule has 0 aliphatic heterocycles. The van der Waals surface area contributed by atoms with Crippen LogP contribution in [0.4, 0.5) is 0 Å². The van der Waals surface area contributed by atoms with Gasteiger partial charge in [0.2, 0.25) is 0 Å². The number of allylic oxidation sites excluding steroid dienone is 3. The molecule has 0 fully saturated rings. The first kappa shape index (κ1) is 18.8. The Bertz CT molecular complexity index is 545. The van der Waals surface area contributed by atoms with Gasteiger partial charge in [0.15, 0.2) is 0 Å². The van der Waals surface area contributed by atoms with Gasteiger partial charge in [-0.1, -0.05) is 5.57 Å². The zero-order valence-corrected chi connectivity index (χ0v) is 13.6. The molecule has 1 unspecified atom stereocenters. The summed E-state index contributed by atoms with van der Waals surface area (Å²) in [6, 6.07) is 5.71.